The average Bonchev–Trinajstić information content (AvgIpc) is 3.16. The van der Waals surface area contributed by atoms with Crippen molar-refractivity contribution in [2.45, 2.75) is 13.1 Å². The van der Waals surface area contributed by atoms with Gasteiger partial charge in [-0.25, -0.2) is 0 Å². The molecule has 6 nitrogen and oxygen atoms in total. The van der Waals surface area contributed by atoms with Crippen molar-refractivity contribution in [3.05, 3.63) is 87.6 Å². The standard InChI is InChI=1S/C26H22ClNO5/c1-30-22-9-7-16(11-23(22)31-2)13-28-14-19-21(32-15-28)10-8-18-25(29)24(33-26(18)19)12-17-5-3-4-6-20(17)27/h3-12H,13-15H2,1-2H3/b24-12-. The minimum absolute atomic E-state index is 0.162. The first-order valence-corrected chi connectivity index (χ1v) is 10.9. The van der Waals surface area contributed by atoms with Gasteiger partial charge in [-0.1, -0.05) is 35.9 Å². The summed E-state index contributed by atoms with van der Waals surface area (Å²) < 4.78 is 22.8. The van der Waals surface area contributed by atoms with Crippen molar-refractivity contribution < 1.29 is 23.7 Å². The first kappa shape index (κ1) is 21.4. The van der Waals surface area contributed by atoms with Crippen LogP contribution in [0.2, 0.25) is 5.02 Å². The third kappa shape index (κ3) is 4.03. The third-order valence-corrected chi connectivity index (χ3v) is 6.07. The highest BCUT2D eigenvalue weighted by molar-refractivity contribution is 6.32. The minimum Gasteiger partial charge on any atom is -0.493 e. The lowest BCUT2D eigenvalue weighted by Crippen LogP contribution is -2.31. The predicted molar refractivity (Wildman–Crippen MR) is 125 cm³/mol. The van der Waals surface area contributed by atoms with Crippen molar-refractivity contribution in [2.24, 2.45) is 0 Å². The number of rotatable bonds is 5. The fraction of sp³-hybridized carbons (Fsp3) is 0.192. The van der Waals surface area contributed by atoms with E-state index in [2.05, 4.69) is 4.90 Å². The van der Waals surface area contributed by atoms with Gasteiger partial charge in [0.05, 0.1) is 25.3 Å². The second-order valence-electron chi connectivity index (χ2n) is 7.83. The molecule has 2 aliphatic rings. The topological polar surface area (TPSA) is 57.2 Å². The van der Waals surface area contributed by atoms with Crippen molar-refractivity contribution in [3.63, 3.8) is 0 Å². The van der Waals surface area contributed by atoms with Crippen LogP contribution in [0.3, 0.4) is 0 Å². The molecular formula is C26H22ClNO5. The monoisotopic (exact) mass is 463 g/mol. The van der Waals surface area contributed by atoms with Crippen LogP contribution < -0.4 is 18.9 Å². The Kier molecular flexibility index (Phi) is 5.70. The van der Waals surface area contributed by atoms with Crippen LogP contribution in [-0.4, -0.2) is 31.6 Å². The molecule has 0 bridgehead atoms. The Morgan fingerprint density at radius 2 is 1.88 bits per heavy atom. The smallest absolute Gasteiger partial charge is 0.231 e. The normalized spacial score (nSPS) is 16.1. The van der Waals surface area contributed by atoms with Crippen LogP contribution >= 0.6 is 11.6 Å². The van der Waals surface area contributed by atoms with Crippen molar-refractivity contribution in [3.8, 4) is 23.0 Å². The predicted octanol–water partition coefficient (Wildman–Crippen LogP) is 5.33. The summed E-state index contributed by atoms with van der Waals surface area (Å²) in [6.07, 6.45) is 1.68. The number of allylic oxidation sites excluding steroid dienone is 1. The van der Waals surface area contributed by atoms with Crippen LogP contribution in [0, 0.1) is 0 Å². The van der Waals surface area contributed by atoms with Crippen molar-refractivity contribution in [1.29, 1.82) is 0 Å². The number of fused-ring (bicyclic) bond motifs is 3. The van der Waals surface area contributed by atoms with Crippen molar-refractivity contribution in [2.75, 3.05) is 21.0 Å². The van der Waals surface area contributed by atoms with E-state index >= 15 is 0 Å². The lowest BCUT2D eigenvalue weighted by molar-refractivity contribution is 0.0872. The molecule has 5 rings (SSSR count). The van der Waals surface area contributed by atoms with Crippen LogP contribution in [0.25, 0.3) is 6.08 Å². The number of nitrogens with zero attached hydrogens (tertiary/aromatic N) is 1. The highest BCUT2D eigenvalue weighted by Gasteiger charge is 2.33. The maximum atomic E-state index is 13.0. The van der Waals surface area contributed by atoms with Crippen LogP contribution in [-0.2, 0) is 13.1 Å². The van der Waals surface area contributed by atoms with E-state index in [-0.39, 0.29) is 11.5 Å². The molecule has 33 heavy (non-hydrogen) atoms. The number of halogens is 1. The zero-order valence-corrected chi connectivity index (χ0v) is 19.0. The maximum absolute atomic E-state index is 13.0. The summed E-state index contributed by atoms with van der Waals surface area (Å²) in [5, 5.41) is 0.559. The number of methoxy groups -OCH3 is 2. The van der Waals surface area contributed by atoms with E-state index in [0.29, 0.717) is 47.7 Å². The first-order valence-electron chi connectivity index (χ1n) is 10.5. The number of hydrogen-bond acceptors (Lipinski definition) is 6. The Morgan fingerprint density at radius 1 is 1.06 bits per heavy atom. The average molecular weight is 464 g/mol. The van der Waals surface area contributed by atoms with E-state index in [0.717, 1.165) is 22.4 Å². The number of Topliss-reactive ketones (excluding diaryl/α,β-unsaturated/α-hetero) is 1. The molecule has 2 heterocycles. The van der Waals surface area contributed by atoms with Crippen LogP contribution in [0.1, 0.15) is 27.0 Å². The third-order valence-electron chi connectivity index (χ3n) is 5.73. The zero-order chi connectivity index (χ0) is 22.9. The quantitative estimate of drug-likeness (QED) is 0.477. The maximum Gasteiger partial charge on any atom is 0.231 e. The summed E-state index contributed by atoms with van der Waals surface area (Å²) in [6.45, 7) is 1.65. The van der Waals surface area contributed by atoms with Gasteiger partial charge in [-0.3, -0.25) is 9.69 Å². The van der Waals surface area contributed by atoms with Gasteiger partial charge in [-0.05, 0) is 47.5 Å². The second-order valence-corrected chi connectivity index (χ2v) is 8.24. The van der Waals surface area contributed by atoms with E-state index in [1.165, 1.54) is 0 Å². The van der Waals surface area contributed by atoms with Gasteiger partial charge in [0.1, 0.15) is 18.2 Å². The molecule has 0 aliphatic carbocycles. The number of carbonyl (C=O) groups excluding carboxylic acids is 1. The molecule has 0 atom stereocenters. The molecule has 2 aliphatic heterocycles. The first-order chi connectivity index (χ1) is 16.1. The van der Waals surface area contributed by atoms with Gasteiger partial charge in [-0.15, -0.1) is 0 Å². The number of ether oxygens (including phenoxy) is 4. The molecule has 3 aromatic rings. The van der Waals surface area contributed by atoms with E-state index in [1.54, 1.807) is 32.4 Å². The summed E-state index contributed by atoms with van der Waals surface area (Å²) in [4.78, 5) is 15.1. The molecule has 7 heteroatoms. The van der Waals surface area contributed by atoms with E-state index in [4.69, 9.17) is 30.5 Å². The molecular weight excluding hydrogens is 442 g/mol. The Morgan fingerprint density at radius 3 is 2.67 bits per heavy atom. The Balaban J connectivity index is 1.40. The molecule has 168 valence electrons. The molecule has 0 spiro atoms. The minimum atomic E-state index is -0.162. The SMILES string of the molecule is COc1ccc(CN2COc3ccc4c(c3C2)O/C(=C\c2ccccc2Cl)C4=O)cc1OC. The second kappa shape index (κ2) is 8.81. The summed E-state index contributed by atoms with van der Waals surface area (Å²) in [5.41, 5.74) is 3.18. The summed E-state index contributed by atoms with van der Waals surface area (Å²) in [7, 11) is 3.23. The van der Waals surface area contributed by atoms with Gasteiger partial charge >= 0.3 is 0 Å². The van der Waals surface area contributed by atoms with Gasteiger partial charge in [0.25, 0.3) is 0 Å². The molecule has 0 amide bonds. The van der Waals surface area contributed by atoms with Crippen molar-refractivity contribution >= 4 is 23.5 Å². The van der Waals surface area contributed by atoms with Gasteiger partial charge in [0, 0.05) is 18.1 Å². The highest BCUT2D eigenvalue weighted by Crippen LogP contribution is 2.42. The van der Waals surface area contributed by atoms with Crippen LogP contribution in [0.15, 0.2) is 60.4 Å². The Bertz CT molecular complexity index is 1270. The Labute approximate surface area is 196 Å². The lowest BCUT2D eigenvalue weighted by Gasteiger charge is -2.29. The van der Waals surface area contributed by atoms with Gasteiger partial charge in [0.15, 0.2) is 17.3 Å². The Hall–Kier alpha value is -3.48. The molecule has 0 N–H and O–H groups in total. The van der Waals surface area contributed by atoms with Gasteiger partial charge in [-0.2, -0.15) is 0 Å². The summed E-state index contributed by atoms with van der Waals surface area (Å²) in [6, 6.07) is 16.8. The van der Waals surface area contributed by atoms with Crippen LogP contribution in [0.4, 0.5) is 0 Å². The molecule has 0 unspecified atom stereocenters. The zero-order valence-electron chi connectivity index (χ0n) is 18.3. The van der Waals surface area contributed by atoms with Crippen LogP contribution in [0.5, 0.6) is 23.0 Å². The molecule has 0 saturated heterocycles. The number of carbonyl (C=O) groups is 1. The van der Waals surface area contributed by atoms with Gasteiger partial charge in [0.2, 0.25) is 5.78 Å². The molecule has 0 saturated carbocycles. The van der Waals surface area contributed by atoms with E-state index < -0.39 is 0 Å². The fourth-order valence-electron chi connectivity index (χ4n) is 4.08. The fourth-order valence-corrected chi connectivity index (χ4v) is 4.27. The number of ketones is 1. The number of benzene rings is 3. The molecule has 0 radical (unpaired) electrons. The van der Waals surface area contributed by atoms with E-state index in [9.17, 15) is 4.79 Å². The van der Waals surface area contributed by atoms with Crippen molar-refractivity contribution in [1.82, 2.24) is 4.90 Å². The molecule has 0 aromatic heterocycles. The summed E-state index contributed by atoms with van der Waals surface area (Å²) >= 11 is 6.26. The lowest BCUT2D eigenvalue weighted by atomic mass is 10.0. The highest BCUT2D eigenvalue weighted by atomic mass is 35.5. The summed E-state index contributed by atoms with van der Waals surface area (Å²) in [5.74, 6) is 2.73. The largest absolute Gasteiger partial charge is 0.493 e. The number of hydrogen-bond donors (Lipinski definition) is 0. The molecule has 0 fully saturated rings. The molecule has 3 aromatic carbocycles. The van der Waals surface area contributed by atoms with E-state index in [1.807, 2.05) is 42.5 Å². The van der Waals surface area contributed by atoms with Gasteiger partial charge < -0.3 is 18.9 Å².